The third kappa shape index (κ3) is 34.1. The van der Waals surface area contributed by atoms with E-state index >= 15 is 17.6 Å². The molecule has 8 heterocycles. The minimum Gasteiger partial charge on any atom is -0.492 e. The number of thiophene rings is 8. The van der Waals surface area contributed by atoms with Gasteiger partial charge in [0.1, 0.15) is 33.8 Å². The van der Waals surface area contributed by atoms with Gasteiger partial charge in [0.15, 0.2) is 46.5 Å². The van der Waals surface area contributed by atoms with Gasteiger partial charge in [0.25, 0.3) is 0 Å². The third-order valence-electron chi connectivity index (χ3n) is 18.4. The van der Waals surface area contributed by atoms with E-state index in [1.807, 2.05) is 41.7 Å². The second-order valence-electron chi connectivity index (χ2n) is 30.5. The molecule has 8 aromatic heterocycles. The Kier molecular flexibility index (Phi) is 54.0. The topological polar surface area (TPSA) is 105 Å². The number of carbonyl (C=O) groups excluding carboxylic acids is 4. The summed E-state index contributed by atoms with van der Waals surface area (Å²) in [6.07, 6.45) is 18.4. The van der Waals surface area contributed by atoms with Crippen molar-refractivity contribution in [2.24, 2.45) is 0 Å². The Morgan fingerprint density at radius 1 is 0.346 bits per heavy atom. The van der Waals surface area contributed by atoms with Crippen molar-refractivity contribution in [2.45, 2.75) is 174 Å². The molecule has 0 N–H and O–H groups in total. The van der Waals surface area contributed by atoms with Gasteiger partial charge < -0.3 is 9.47 Å². The number of hydrogen-bond donors (Lipinski definition) is 0. The molecule has 698 valence electrons. The van der Waals surface area contributed by atoms with E-state index in [0.717, 1.165) is 167 Å². The first kappa shape index (κ1) is 118. The van der Waals surface area contributed by atoms with Crippen LogP contribution in [0, 0.1) is 60.4 Å². The zero-order chi connectivity index (χ0) is 94.2. The van der Waals surface area contributed by atoms with Gasteiger partial charge in [-0.3, -0.25) is 19.2 Å². The summed E-state index contributed by atoms with van der Waals surface area (Å²) in [6.45, 7) is 16.2. The molecule has 2 aromatic carbocycles. The first-order valence-electron chi connectivity index (χ1n) is 40.2. The summed E-state index contributed by atoms with van der Waals surface area (Å²) in [5, 5.41) is 0. The number of ketones is 4. The SMILES string of the molecule is CCCCCCOc1c[c]([Sn]([CH3])([CH3])[CH3])sc1-c1s[c]([Sn]([CH3])([CH3])[CH3])cc1OCCCCCC.CCCCCCOc1cc(C)sc1-c1sc(-c2ccc(C(=O)c3c(F)c(F)c(C(=O)c4ccc(C)s4)c(F)c3F)s2)cc1OCCCCCC.O=C(c1ccc(Br)s1)c1c(F)c(F)c(C(=O)c2ccc(Br)s2)c(F)c1F.PPP(P)P(P(P(P)P)P(P)P)P(P(P)P)P(P)P. The van der Waals surface area contributed by atoms with Crippen molar-refractivity contribution >= 4 is 341 Å². The third-order valence-corrected chi connectivity index (χ3v) is 165. The van der Waals surface area contributed by atoms with Crippen molar-refractivity contribution in [3.8, 4) is 52.3 Å². The van der Waals surface area contributed by atoms with Gasteiger partial charge in [-0.1, -0.05) is 60.3 Å². The molecule has 47 heteroatoms. The molecule has 0 aliphatic carbocycles. The summed E-state index contributed by atoms with van der Waals surface area (Å²) in [7, 11) is 32.5. The second-order valence-corrected chi connectivity index (χ2v) is 146. The molecule has 10 rings (SSSR count). The van der Waals surface area contributed by atoms with E-state index in [4.69, 9.17) is 18.9 Å². The first-order chi connectivity index (χ1) is 60.0. The van der Waals surface area contributed by atoms with Gasteiger partial charge in [-0.2, -0.15) is 0 Å². The van der Waals surface area contributed by atoms with Gasteiger partial charge in [-0.05, 0) is 169 Å². The average molecular weight is 2590 g/mol. The monoisotopic (exact) mass is 2590 g/mol. The molecule has 10 aromatic rings. The van der Waals surface area contributed by atoms with Crippen LogP contribution in [0.4, 0.5) is 35.1 Å². The van der Waals surface area contributed by atoms with E-state index in [1.165, 1.54) is 96.0 Å². The molecule has 0 amide bonds. The van der Waals surface area contributed by atoms with E-state index in [1.54, 1.807) is 36.2 Å². The minimum absolute atomic E-state index is 0.0492. The maximum Gasteiger partial charge on any atom is 0.209 e. The summed E-state index contributed by atoms with van der Waals surface area (Å²) in [5.74, 6) is -16.4. The van der Waals surface area contributed by atoms with Crippen LogP contribution in [0.5, 0.6) is 23.0 Å². The van der Waals surface area contributed by atoms with Crippen LogP contribution in [0.25, 0.3) is 29.3 Å². The predicted molar refractivity (Wildman–Crippen MR) is 608 cm³/mol. The Labute approximate surface area is 835 Å². The summed E-state index contributed by atoms with van der Waals surface area (Å²) in [6, 6.07) is 20.0. The molecule has 127 heavy (non-hydrogen) atoms. The number of aryl methyl sites for hydroxylation is 2. The summed E-state index contributed by atoms with van der Waals surface area (Å²) >= 11 is 12.4. The van der Waals surface area contributed by atoms with E-state index < -0.39 is 129 Å². The van der Waals surface area contributed by atoms with Crippen LogP contribution in [0.1, 0.15) is 201 Å². The Balaban J connectivity index is 0.000000248. The van der Waals surface area contributed by atoms with Crippen LogP contribution in [0.15, 0.2) is 80.4 Å². The van der Waals surface area contributed by atoms with Crippen LogP contribution in [0.3, 0.4) is 0 Å². The molecular weight excluding hydrogens is 2480 g/mol. The standard InChI is InChI=1S/C38H38F4O4S4.C20H28O2S2.C16H4Br2F4O2S2.6CH3.H21P19.2Sn/c1-5-7-9-11-17-45-23-19-22(4)48-37(23)38-24(46-18-12-10-8-6-2)20-28(50-38)25-15-16-27(49-25)36(44)30-33(41)31(39)29(32(40)34(30)42)35(43)26-14-13-21(3)47-26;1-3-5-7-9-13-21-17-11-15-23-19(17)20-18(12-16-24-20)22-14-10-8-6-4-2;17-7-3-1-5(25-7)15(23)9-11(19)13(21)10(14(22)12(9)20)16(24)6-2-4-8(18)26-6;;;;;;;1-11-16(10)19(17(12(2)3)13(4)5)18(14(6)7)15(8)9;;/h13-16,19-20H,5-12,17-18H2,1-4H3;11-12H,3-10,13-14H2,1-2H3;1-4H;6*1H3;11H,1-10H2;;. The summed E-state index contributed by atoms with van der Waals surface area (Å²) in [5.41, 5.74) is -5.51. The molecule has 0 aliphatic rings. The molecule has 0 aliphatic heterocycles. The number of benzene rings is 2. The van der Waals surface area contributed by atoms with Gasteiger partial charge in [0.05, 0.1) is 50.0 Å². The fourth-order valence-corrected chi connectivity index (χ4v) is 250. The molecule has 0 saturated heterocycles. The Hall–Kier alpha value is 4.09. The average Bonchev–Trinajstić information content (AvgIpc) is 0.906. The normalized spacial score (nSPS) is 12.2. The molecule has 0 bridgehead atoms. The van der Waals surface area contributed by atoms with E-state index in [2.05, 4.69) is 191 Å². The fraction of sp³-hybridized carbons (Fsp3) is 0.400. The Morgan fingerprint density at radius 3 is 0.929 bits per heavy atom. The summed E-state index contributed by atoms with van der Waals surface area (Å²) in [4.78, 5) is 72.9. The van der Waals surface area contributed by atoms with Gasteiger partial charge in [-0.15, -0.1) is 157 Å². The van der Waals surface area contributed by atoms with Crippen molar-refractivity contribution < 1.29 is 73.2 Å². The maximum absolute atomic E-state index is 15.3. The van der Waals surface area contributed by atoms with Crippen LogP contribution in [-0.2, 0) is 0 Å². The first-order valence-corrected chi connectivity index (χ1v) is 102. The van der Waals surface area contributed by atoms with Crippen LogP contribution in [-0.4, -0.2) is 86.3 Å². The maximum atomic E-state index is 15.3. The smallest absolute Gasteiger partial charge is 0.209 e. The zero-order valence-corrected chi connectivity index (χ0v) is 107. The van der Waals surface area contributed by atoms with Gasteiger partial charge in [0, 0.05) is 25.6 Å². The molecule has 0 saturated carbocycles. The van der Waals surface area contributed by atoms with Gasteiger partial charge in [-0.25, -0.2) is 35.1 Å². The Morgan fingerprint density at radius 2 is 0.638 bits per heavy atom. The molecule has 0 spiro atoms. The van der Waals surface area contributed by atoms with Crippen LogP contribution >= 0.6 is 276 Å². The van der Waals surface area contributed by atoms with E-state index in [9.17, 15) is 36.7 Å². The minimum atomic E-state index is -2.19. The van der Waals surface area contributed by atoms with Crippen molar-refractivity contribution in [3.05, 3.63) is 178 Å². The van der Waals surface area contributed by atoms with Crippen molar-refractivity contribution in [2.75, 3.05) is 26.4 Å². The molecular formula is C80H109Br2F8O8P19S8Sn2. The number of halogens is 10. The van der Waals surface area contributed by atoms with Crippen LogP contribution < -0.4 is 24.7 Å². The fourth-order valence-electron chi connectivity index (χ4n) is 11.9. The number of carbonyl (C=O) groups is 4. The van der Waals surface area contributed by atoms with Gasteiger partial charge in [0.2, 0.25) is 23.1 Å². The van der Waals surface area contributed by atoms with Crippen molar-refractivity contribution in [1.29, 1.82) is 0 Å². The number of hydrogen-bond acceptors (Lipinski definition) is 16. The van der Waals surface area contributed by atoms with Gasteiger partial charge >= 0.3 is 216 Å². The molecule has 12 unspecified atom stereocenters. The summed E-state index contributed by atoms with van der Waals surface area (Å²) < 4.78 is 148. The molecule has 12 atom stereocenters. The molecule has 0 radical (unpaired) electrons. The Bertz CT molecular complexity index is 5050. The quantitative estimate of drug-likeness (QED) is 0.00928. The van der Waals surface area contributed by atoms with E-state index in [0.29, 0.717) is 36.3 Å². The van der Waals surface area contributed by atoms with Crippen molar-refractivity contribution in [1.82, 2.24) is 0 Å². The van der Waals surface area contributed by atoms with Crippen molar-refractivity contribution in [3.63, 3.8) is 0 Å². The number of ether oxygens (including phenoxy) is 4. The second kappa shape index (κ2) is 58.1. The van der Waals surface area contributed by atoms with E-state index in [-0.39, 0.29) is 75.4 Å². The largest absolute Gasteiger partial charge is 0.492 e. The molecule has 0 fully saturated rings. The predicted octanol–water partition coefficient (Wildman–Crippen LogP) is 38.4. The number of unbranched alkanes of at least 4 members (excludes halogenated alkanes) is 12. The van der Waals surface area contributed by atoms with Crippen LogP contribution in [0.2, 0.25) is 29.6 Å². The molecule has 8 nitrogen and oxygen atoms in total. The number of rotatable bonds is 45. The zero-order valence-electron chi connectivity index (χ0n) is 72.2.